The van der Waals surface area contributed by atoms with E-state index >= 15 is 0 Å². The molecule has 1 aliphatic heterocycles. The lowest BCUT2D eigenvalue weighted by Crippen LogP contribution is -2.49. The van der Waals surface area contributed by atoms with E-state index in [1.807, 2.05) is 12.3 Å². The number of hydrogen-bond acceptors (Lipinski definition) is 3. The van der Waals surface area contributed by atoms with Crippen LogP contribution in [-0.2, 0) is 0 Å². The second-order valence-corrected chi connectivity index (χ2v) is 6.68. The van der Waals surface area contributed by atoms with Crippen molar-refractivity contribution in [1.82, 2.24) is 4.98 Å². The van der Waals surface area contributed by atoms with Gasteiger partial charge in [-0.25, -0.2) is 4.98 Å². The molecule has 0 saturated heterocycles. The first-order chi connectivity index (χ1) is 9.91. The summed E-state index contributed by atoms with van der Waals surface area (Å²) in [6, 6.07) is 12.7. The van der Waals surface area contributed by atoms with Gasteiger partial charge in [-0.1, -0.05) is 18.2 Å². The van der Waals surface area contributed by atoms with Gasteiger partial charge in [-0.3, -0.25) is 0 Å². The Hall–Kier alpha value is -2.03. The molecule has 0 fully saturated rings. The second-order valence-electron chi connectivity index (χ2n) is 6.68. The third-order valence-electron chi connectivity index (χ3n) is 4.10. The van der Waals surface area contributed by atoms with Crippen LogP contribution in [0.25, 0.3) is 0 Å². The van der Waals surface area contributed by atoms with Crippen molar-refractivity contribution >= 4 is 17.2 Å². The minimum Gasteiger partial charge on any atom is -0.343 e. The molecule has 0 spiro atoms. The summed E-state index contributed by atoms with van der Waals surface area (Å²) >= 11 is 0. The van der Waals surface area contributed by atoms with Crippen LogP contribution in [0.5, 0.6) is 0 Å². The Balaban J connectivity index is 2.18. The number of aromatic nitrogens is 1. The number of aryl methyl sites for hydroxylation is 1. The molecule has 0 N–H and O–H groups in total. The van der Waals surface area contributed by atoms with Gasteiger partial charge in [0.1, 0.15) is 6.17 Å². The molecule has 0 bridgehead atoms. The maximum atomic E-state index is 4.66. The molecule has 21 heavy (non-hydrogen) atoms. The fraction of sp³-hybridized carbons (Fsp3) is 0.389. The maximum absolute atomic E-state index is 4.66. The second kappa shape index (κ2) is 4.76. The van der Waals surface area contributed by atoms with Crippen LogP contribution in [0.3, 0.4) is 0 Å². The number of hydrogen-bond donors (Lipinski definition) is 0. The van der Waals surface area contributed by atoms with Gasteiger partial charge in [0.2, 0.25) is 0 Å². The Kier molecular flexibility index (Phi) is 3.16. The van der Waals surface area contributed by atoms with Crippen molar-refractivity contribution in [2.45, 2.75) is 46.3 Å². The summed E-state index contributed by atoms with van der Waals surface area (Å²) in [6.45, 7) is 11.2. The Labute approximate surface area is 127 Å². The van der Waals surface area contributed by atoms with Gasteiger partial charge in [0.05, 0.1) is 5.69 Å². The standard InChI is InChI=1S/C18H23N3/c1-13-9-6-7-10-15(13)20-14(2)21(18(3,4)5)16-11-8-12-19-17(16)20/h6-12,14H,1-5H3/t14-/m1/s1. The van der Waals surface area contributed by atoms with E-state index in [4.69, 9.17) is 0 Å². The van der Waals surface area contributed by atoms with Crippen LogP contribution in [0.15, 0.2) is 42.6 Å². The maximum Gasteiger partial charge on any atom is 0.158 e. The summed E-state index contributed by atoms with van der Waals surface area (Å²) in [4.78, 5) is 9.45. The van der Waals surface area contributed by atoms with E-state index in [-0.39, 0.29) is 11.7 Å². The molecule has 1 atom stereocenters. The first-order valence-electron chi connectivity index (χ1n) is 7.50. The lowest BCUT2D eigenvalue weighted by atomic mass is 10.1. The average molecular weight is 281 g/mol. The van der Waals surface area contributed by atoms with Gasteiger partial charge in [0, 0.05) is 17.4 Å². The summed E-state index contributed by atoms with van der Waals surface area (Å²) in [6.07, 6.45) is 2.12. The van der Waals surface area contributed by atoms with Crippen LogP contribution in [0, 0.1) is 6.92 Å². The number of fused-ring (bicyclic) bond motifs is 1. The van der Waals surface area contributed by atoms with Crippen molar-refractivity contribution in [3.8, 4) is 0 Å². The van der Waals surface area contributed by atoms with E-state index in [1.165, 1.54) is 16.9 Å². The number of para-hydroxylation sites is 1. The summed E-state index contributed by atoms with van der Waals surface area (Å²) in [5, 5.41) is 0. The van der Waals surface area contributed by atoms with Gasteiger partial charge < -0.3 is 9.80 Å². The smallest absolute Gasteiger partial charge is 0.158 e. The van der Waals surface area contributed by atoms with E-state index in [2.05, 4.69) is 79.7 Å². The molecule has 110 valence electrons. The molecule has 2 aromatic rings. The zero-order valence-corrected chi connectivity index (χ0v) is 13.5. The topological polar surface area (TPSA) is 19.4 Å². The summed E-state index contributed by atoms with van der Waals surface area (Å²) in [5.41, 5.74) is 3.77. The van der Waals surface area contributed by atoms with Gasteiger partial charge >= 0.3 is 0 Å². The van der Waals surface area contributed by atoms with Crippen LogP contribution in [0.1, 0.15) is 33.3 Å². The van der Waals surface area contributed by atoms with Gasteiger partial charge in [0.25, 0.3) is 0 Å². The normalized spacial score (nSPS) is 18.0. The predicted octanol–water partition coefficient (Wildman–Crippen LogP) is 4.49. The van der Waals surface area contributed by atoms with Gasteiger partial charge in [-0.2, -0.15) is 0 Å². The highest BCUT2D eigenvalue weighted by atomic mass is 15.5. The Morgan fingerprint density at radius 2 is 1.67 bits per heavy atom. The van der Waals surface area contributed by atoms with Crippen LogP contribution >= 0.6 is 0 Å². The third kappa shape index (κ3) is 2.17. The van der Waals surface area contributed by atoms with Crippen LogP contribution < -0.4 is 9.80 Å². The zero-order chi connectivity index (χ0) is 15.2. The lowest BCUT2D eigenvalue weighted by Gasteiger charge is -2.39. The Morgan fingerprint density at radius 3 is 2.33 bits per heavy atom. The largest absolute Gasteiger partial charge is 0.343 e. The van der Waals surface area contributed by atoms with E-state index in [9.17, 15) is 0 Å². The summed E-state index contributed by atoms with van der Waals surface area (Å²) in [5.74, 6) is 1.05. The molecule has 0 radical (unpaired) electrons. The van der Waals surface area contributed by atoms with Crippen molar-refractivity contribution < 1.29 is 0 Å². The zero-order valence-electron chi connectivity index (χ0n) is 13.5. The third-order valence-corrected chi connectivity index (χ3v) is 4.10. The van der Waals surface area contributed by atoms with E-state index in [1.54, 1.807) is 0 Å². The number of anilines is 3. The molecule has 1 aliphatic rings. The van der Waals surface area contributed by atoms with Crippen molar-refractivity contribution in [3.05, 3.63) is 48.2 Å². The van der Waals surface area contributed by atoms with Gasteiger partial charge in [-0.05, 0) is 58.4 Å². The SMILES string of the molecule is Cc1ccccc1N1c2ncccc2N(C(C)(C)C)[C@@H]1C. The highest BCUT2D eigenvalue weighted by molar-refractivity contribution is 5.82. The number of benzene rings is 1. The Morgan fingerprint density at radius 1 is 1.00 bits per heavy atom. The average Bonchev–Trinajstić information content (AvgIpc) is 2.71. The molecule has 0 saturated carbocycles. The quantitative estimate of drug-likeness (QED) is 0.767. The molecule has 3 nitrogen and oxygen atoms in total. The fourth-order valence-electron chi connectivity index (χ4n) is 3.33. The minimum absolute atomic E-state index is 0.0502. The summed E-state index contributed by atoms with van der Waals surface area (Å²) in [7, 11) is 0. The first-order valence-corrected chi connectivity index (χ1v) is 7.50. The fourth-order valence-corrected chi connectivity index (χ4v) is 3.33. The number of pyridine rings is 1. The highest BCUT2D eigenvalue weighted by Gasteiger charge is 2.40. The van der Waals surface area contributed by atoms with Crippen molar-refractivity contribution in [1.29, 1.82) is 0 Å². The molecule has 2 heterocycles. The van der Waals surface area contributed by atoms with Crippen LogP contribution in [0.4, 0.5) is 17.2 Å². The minimum atomic E-state index is 0.0502. The molecular formula is C18H23N3. The molecule has 0 unspecified atom stereocenters. The number of rotatable bonds is 1. The van der Waals surface area contributed by atoms with Crippen LogP contribution in [0.2, 0.25) is 0 Å². The molecule has 1 aromatic heterocycles. The molecule has 0 aliphatic carbocycles. The Bertz CT molecular complexity index is 658. The van der Waals surface area contributed by atoms with Crippen LogP contribution in [-0.4, -0.2) is 16.7 Å². The highest BCUT2D eigenvalue weighted by Crippen LogP contribution is 2.46. The summed E-state index contributed by atoms with van der Waals surface area (Å²) < 4.78 is 0. The van der Waals surface area contributed by atoms with Crippen molar-refractivity contribution in [3.63, 3.8) is 0 Å². The van der Waals surface area contributed by atoms with E-state index in [0.717, 1.165) is 5.82 Å². The van der Waals surface area contributed by atoms with Crippen molar-refractivity contribution in [2.24, 2.45) is 0 Å². The number of nitrogens with zero attached hydrogens (tertiary/aromatic N) is 3. The van der Waals surface area contributed by atoms with Crippen molar-refractivity contribution in [2.75, 3.05) is 9.80 Å². The van der Waals surface area contributed by atoms with Gasteiger partial charge in [-0.15, -0.1) is 0 Å². The predicted molar refractivity (Wildman–Crippen MR) is 89.2 cm³/mol. The molecule has 1 aromatic carbocycles. The molecule has 3 heteroatoms. The monoisotopic (exact) mass is 281 g/mol. The van der Waals surface area contributed by atoms with E-state index < -0.39 is 0 Å². The molecular weight excluding hydrogens is 258 g/mol. The van der Waals surface area contributed by atoms with Gasteiger partial charge in [0.15, 0.2) is 5.82 Å². The van der Waals surface area contributed by atoms with E-state index in [0.29, 0.717) is 0 Å². The molecule has 3 rings (SSSR count). The lowest BCUT2D eigenvalue weighted by molar-refractivity contribution is 0.468. The first kappa shape index (κ1) is 13.9. The molecule has 0 amide bonds.